The molecule has 7 heteroatoms. The van der Waals surface area contributed by atoms with Crippen molar-refractivity contribution in [1.82, 2.24) is 4.90 Å². The zero-order chi connectivity index (χ0) is 18.9. The van der Waals surface area contributed by atoms with Crippen LogP contribution in [0, 0.1) is 0 Å². The Balaban J connectivity index is 1.69. The fraction of sp³-hybridized carbons (Fsp3) is 0.526. The molecular formula is C19H27N3O3S. The molecule has 1 aliphatic rings. The summed E-state index contributed by atoms with van der Waals surface area (Å²) >= 11 is 1.33. The van der Waals surface area contributed by atoms with Gasteiger partial charge in [0.2, 0.25) is 17.7 Å². The van der Waals surface area contributed by atoms with Crippen LogP contribution < -0.4 is 10.6 Å². The van der Waals surface area contributed by atoms with Crippen molar-refractivity contribution in [1.29, 1.82) is 0 Å². The Morgan fingerprint density at radius 1 is 1.00 bits per heavy atom. The van der Waals surface area contributed by atoms with Gasteiger partial charge in [-0.1, -0.05) is 19.3 Å². The topological polar surface area (TPSA) is 78.5 Å². The summed E-state index contributed by atoms with van der Waals surface area (Å²) < 4.78 is 0. The molecule has 1 aromatic carbocycles. The average molecular weight is 378 g/mol. The van der Waals surface area contributed by atoms with E-state index in [4.69, 9.17) is 0 Å². The zero-order valence-corrected chi connectivity index (χ0v) is 16.2. The van der Waals surface area contributed by atoms with Crippen molar-refractivity contribution in [2.75, 3.05) is 29.2 Å². The van der Waals surface area contributed by atoms with E-state index in [2.05, 4.69) is 10.6 Å². The monoisotopic (exact) mass is 377 g/mol. The lowest BCUT2D eigenvalue weighted by molar-refractivity contribution is -0.129. The van der Waals surface area contributed by atoms with E-state index in [1.807, 2.05) is 11.9 Å². The van der Waals surface area contributed by atoms with Crippen molar-refractivity contribution < 1.29 is 14.4 Å². The van der Waals surface area contributed by atoms with Gasteiger partial charge in [0, 0.05) is 31.4 Å². The second kappa shape index (κ2) is 10.2. The molecular weight excluding hydrogens is 350 g/mol. The van der Waals surface area contributed by atoms with Crippen molar-refractivity contribution in [3.05, 3.63) is 24.3 Å². The molecule has 6 nitrogen and oxygen atoms in total. The Labute approximate surface area is 159 Å². The Bertz CT molecular complexity index is 627. The summed E-state index contributed by atoms with van der Waals surface area (Å²) in [5.41, 5.74) is 1.34. The van der Waals surface area contributed by atoms with E-state index in [9.17, 15) is 14.4 Å². The van der Waals surface area contributed by atoms with Gasteiger partial charge in [-0.25, -0.2) is 0 Å². The summed E-state index contributed by atoms with van der Waals surface area (Å²) in [6.45, 7) is 1.44. The number of hydrogen-bond acceptors (Lipinski definition) is 4. The predicted octanol–water partition coefficient (Wildman–Crippen LogP) is 3.11. The fourth-order valence-corrected chi connectivity index (χ4v) is 3.78. The molecule has 3 amide bonds. The van der Waals surface area contributed by atoms with Crippen LogP contribution in [0.5, 0.6) is 0 Å². The van der Waals surface area contributed by atoms with E-state index in [0.29, 0.717) is 23.2 Å². The lowest BCUT2D eigenvalue weighted by Gasteiger charge is -2.31. The maximum absolute atomic E-state index is 12.2. The normalized spacial score (nSPS) is 14.5. The number of hydrogen-bond donors (Lipinski definition) is 2. The first-order chi connectivity index (χ1) is 12.5. The van der Waals surface area contributed by atoms with Crippen LogP contribution in [0.25, 0.3) is 0 Å². The number of carbonyl (C=O) groups excluding carboxylic acids is 3. The van der Waals surface area contributed by atoms with Crippen molar-refractivity contribution in [2.45, 2.75) is 45.1 Å². The minimum Gasteiger partial charge on any atom is -0.342 e. The molecule has 0 bridgehead atoms. The Hall–Kier alpha value is -2.02. The highest BCUT2D eigenvalue weighted by atomic mass is 32.2. The van der Waals surface area contributed by atoms with Gasteiger partial charge >= 0.3 is 0 Å². The number of benzene rings is 1. The third kappa shape index (κ3) is 6.71. The van der Waals surface area contributed by atoms with Crippen LogP contribution >= 0.6 is 11.8 Å². The van der Waals surface area contributed by atoms with Crippen LogP contribution in [0.15, 0.2) is 24.3 Å². The van der Waals surface area contributed by atoms with Crippen LogP contribution in [-0.2, 0) is 14.4 Å². The molecule has 142 valence electrons. The van der Waals surface area contributed by atoms with Crippen LogP contribution in [-0.4, -0.2) is 47.2 Å². The zero-order valence-electron chi connectivity index (χ0n) is 15.4. The number of carbonyl (C=O) groups is 3. The number of anilines is 2. The maximum Gasteiger partial charge on any atom is 0.234 e. The van der Waals surface area contributed by atoms with Gasteiger partial charge in [-0.2, -0.15) is 0 Å². The number of nitrogens with zero attached hydrogens (tertiary/aromatic N) is 1. The van der Waals surface area contributed by atoms with Gasteiger partial charge in [-0.15, -0.1) is 11.8 Å². The third-order valence-corrected chi connectivity index (χ3v) is 5.38. The standard InChI is InChI=1S/C19H27N3O3S/c1-14(23)20-15-8-10-16(11-9-15)21-18(24)12-26-13-19(25)22(2)17-6-4-3-5-7-17/h8-11,17H,3-7,12-13H2,1-2H3,(H,20,23)(H,21,24). The van der Waals surface area contributed by atoms with Crippen molar-refractivity contribution >= 4 is 40.9 Å². The smallest absolute Gasteiger partial charge is 0.234 e. The molecule has 0 aliphatic heterocycles. The first-order valence-corrected chi connectivity index (χ1v) is 10.1. The highest BCUT2D eigenvalue weighted by molar-refractivity contribution is 8.00. The number of thioether (sulfide) groups is 1. The molecule has 0 heterocycles. The first kappa shape index (κ1) is 20.3. The minimum atomic E-state index is -0.143. The molecule has 2 N–H and O–H groups in total. The van der Waals surface area contributed by atoms with Gasteiger partial charge in [0.15, 0.2) is 0 Å². The molecule has 26 heavy (non-hydrogen) atoms. The lowest BCUT2D eigenvalue weighted by atomic mass is 9.94. The van der Waals surface area contributed by atoms with Gasteiger partial charge in [-0.3, -0.25) is 14.4 Å². The molecule has 0 unspecified atom stereocenters. The molecule has 1 aromatic rings. The fourth-order valence-electron chi connectivity index (χ4n) is 3.04. The average Bonchev–Trinajstić information content (AvgIpc) is 2.63. The summed E-state index contributed by atoms with van der Waals surface area (Å²) in [5, 5.41) is 5.46. The molecule has 0 spiro atoms. The maximum atomic E-state index is 12.2. The number of rotatable bonds is 7. The Kier molecular flexibility index (Phi) is 7.97. The summed E-state index contributed by atoms with van der Waals surface area (Å²) in [6, 6.07) is 7.28. The van der Waals surface area contributed by atoms with Crippen LogP contribution in [0.2, 0.25) is 0 Å². The summed E-state index contributed by atoms with van der Waals surface area (Å²) in [7, 11) is 1.87. The van der Waals surface area contributed by atoms with Gasteiger partial charge in [0.1, 0.15) is 0 Å². The number of amides is 3. The van der Waals surface area contributed by atoms with E-state index >= 15 is 0 Å². The molecule has 1 aliphatic carbocycles. The molecule has 0 radical (unpaired) electrons. The third-order valence-electron chi connectivity index (χ3n) is 4.46. The van der Waals surface area contributed by atoms with E-state index in [-0.39, 0.29) is 23.5 Å². The highest BCUT2D eigenvalue weighted by Crippen LogP contribution is 2.22. The summed E-state index contributed by atoms with van der Waals surface area (Å²) in [6.07, 6.45) is 5.82. The summed E-state index contributed by atoms with van der Waals surface area (Å²) in [4.78, 5) is 37.1. The largest absolute Gasteiger partial charge is 0.342 e. The van der Waals surface area contributed by atoms with Crippen LogP contribution in [0.1, 0.15) is 39.0 Å². The molecule has 2 rings (SSSR count). The van der Waals surface area contributed by atoms with Crippen molar-refractivity contribution in [2.24, 2.45) is 0 Å². The molecule has 0 saturated heterocycles. The van der Waals surface area contributed by atoms with Crippen LogP contribution in [0.3, 0.4) is 0 Å². The quantitative estimate of drug-likeness (QED) is 0.765. The SMILES string of the molecule is CC(=O)Nc1ccc(NC(=O)CSCC(=O)N(C)C2CCCCC2)cc1. The van der Waals surface area contributed by atoms with E-state index in [1.54, 1.807) is 24.3 Å². The van der Waals surface area contributed by atoms with Gasteiger partial charge in [0.05, 0.1) is 11.5 Å². The molecule has 0 aromatic heterocycles. The Morgan fingerprint density at radius 3 is 2.15 bits per heavy atom. The van der Waals surface area contributed by atoms with Crippen molar-refractivity contribution in [3.63, 3.8) is 0 Å². The Morgan fingerprint density at radius 2 is 1.58 bits per heavy atom. The second-order valence-corrected chi connectivity index (χ2v) is 7.58. The van der Waals surface area contributed by atoms with Crippen LogP contribution in [0.4, 0.5) is 11.4 Å². The molecule has 0 atom stereocenters. The van der Waals surface area contributed by atoms with Gasteiger partial charge in [0.25, 0.3) is 0 Å². The molecule has 1 fully saturated rings. The second-order valence-electron chi connectivity index (χ2n) is 6.60. The van der Waals surface area contributed by atoms with Gasteiger partial charge < -0.3 is 15.5 Å². The molecule has 1 saturated carbocycles. The van der Waals surface area contributed by atoms with Gasteiger partial charge in [-0.05, 0) is 37.1 Å². The minimum absolute atomic E-state index is 0.0920. The van der Waals surface area contributed by atoms with E-state index < -0.39 is 0 Å². The lowest BCUT2D eigenvalue weighted by Crippen LogP contribution is -2.39. The van der Waals surface area contributed by atoms with E-state index in [1.165, 1.54) is 37.9 Å². The highest BCUT2D eigenvalue weighted by Gasteiger charge is 2.21. The summed E-state index contributed by atoms with van der Waals surface area (Å²) in [5.74, 6) is 0.366. The number of nitrogens with one attached hydrogen (secondary N) is 2. The first-order valence-electron chi connectivity index (χ1n) is 8.96. The van der Waals surface area contributed by atoms with E-state index in [0.717, 1.165) is 12.8 Å². The predicted molar refractivity (Wildman–Crippen MR) is 106 cm³/mol. The van der Waals surface area contributed by atoms with Crippen molar-refractivity contribution in [3.8, 4) is 0 Å².